The molecule has 0 saturated carbocycles. The van der Waals surface area contributed by atoms with Crippen LogP contribution in [0, 0.1) is 6.92 Å². The van der Waals surface area contributed by atoms with E-state index in [4.69, 9.17) is 5.11 Å². The van der Waals surface area contributed by atoms with Gasteiger partial charge in [0, 0.05) is 10.9 Å². The summed E-state index contributed by atoms with van der Waals surface area (Å²) < 4.78 is 27.4. The molecule has 0 amide bonds. The van der Waals surface area contributed by atoms with Crippen molar-refractivity contribution in [2.75, 3.05) is 0 Å². The minimum absolute atomic E-state index is 0.133. The molecule has 0 spiro atoms. The fourth-order valence-corrected chi connectivity index (χ4v) is 5.11. The van der Waals surface area contributed by atoms with Crippen molar-refractivity contribution in [1.82, 2.24) is 4.72 Å². The number of nitrogens with one attached hydrogen (secondary N) is 1. The molecule has 2 rings (SSSR count). The number of thiophene rings is 2. The zero-order chi connectivity index (χ0) is 14.0. The van der Waals surface area contributed by atoms with Crippen molar-refractivity contribution in [2.45, 2.75) is 30.7 Å². The van der Waals surface area contributed by atoms with Crippen molar-refractivity contribution in [2.24, 2.45) is 0 Å². The maximum Gasteiger partial charge on any atom is 0.250 e. The maximum absolute atomic E-state index is 12.2. The van der Waals surface area contributed by atoms with Gasteiger partial charge < -0.3 is 5.11 Å². The van der Waals surface area contributed by atoms with Crippen molar-refractivity contribution in [3.63, 3.8) is 0 Å². The Labute approximate surface area is 120 Å². The molecule has 2 aromatic heterocycles. The van der Waals surface area contributed by atoms with Crippen LogP contribution in [0.2, 0.25) is 0 Å². The number of hydrogen-bond acceptors (Lipinski definition) is 5. The van der Waals surface area contributed by atoms with Crippen molar-refractivity contribution < 1.29 is 13.5 Å². The molecule has 4 nitrogen and oxygen atoms in total. The highest BCUT2D eigenvalue weighted by molar-refractivity contribution is 7.91. The first kappa shape index (κ1) is 14.7. The number of hydrogen-bond donors (Lipinski definition) is 2. The van der Waals surface area contributed by atoms with E-state index in [1.165, 1.54) is 11.3 Å². The Bertz CT molecular complexity index is 644. The predicted molar refractivity (Wildman–Crippen MR) is 78.0 cm³/mol. The van der Waals surface area contributed by atoms with Gasteiger partial charge in [0.05, 0.1) is 6.61 Å². The lowest BCUT2D eigenvalue weighted by molar-refractivity contribution is 0.285. The topological polar surface area (TPSA) is 66.4 Å². The van der Waals surface area contributed by atoms with Crippen molar-refractivity contribution in [3.05, 3.63) is 38.9 Å². The minimum atomic E-state index is -3.54. The van der Waals surface area contributed by atoms with E-state index in [-0.39, 0.29) is 16.9 Å². The average molecular weight is 317 g/mol. The standard InChI is InChI=1S/C12H15NO3S3/c1-8-5-12(18-11(8)6-14)19(15,16)13-9(2)10-3-4-17-7-10/h3-5,7,9,13-14H,6H2,1-2H3. The summed E-state index contributed by atoms with van der Waals surface area (Å²) in [5.41, 5.74) is 1.75. The maximum atomic E-state index is 12.2. The van der Waals surface area contributed by atoms with Gasteiger partial charge in [-0.2, -0.15) is 11.3 Å². The largest absolute Gasteiger partial charge is 0.391 e. The van der Waals surface area contributed by atoms with Crippen LogP contribution < -0.4 is 4.72 Å². The molecule has 0 aliphatic carbocycles. The minimum Gasteiger partial charge on any atom is -0.391 e. The Hall–Kier alpha value is -0.730. The Morgan fingerprint density at radius 3 is 2.74 bits per heavy atom. The van der Waals surface area contributed by atoms with Crippen molar-refractivity contribution in [3.8, 4) is 0 Å². The van der Waals surface area contributed by atoms with Crippen LogP contribution in [0.25, 0.3) is 0 Å². The number of aliphatic hydroxyl groups excluding tert-OH is 1. The third-order valence-corrected chi connectivity index (χ3v) is 6.72. The van der Waals surface area contributed by atoms with Crippen molar-refractivity contribution in [1.29, 1.82) is 0 Å². The van der Waals surface area contributed by atoms with Crippen LogP contribution >= 0.6 is 22.7 Å². The van der Waals surface area contributed by atoms with E-state index in [1.54, 1.807) is 13.0 Å². The third-order valence-electron chi connectivity index (χ3n) is 2.78. The lowest BCUT2D eigenvalue weighted by atomic mass is 10.2. The fourth-order valence-electron chi connectivity index (χ4n) is 1.66. The lowest BCUT2D eigenvalue weighted by Crippen LogP contribution is -2.25. The summed E-state index contributed by atoms with van der Waals surface area (Å²) >= 11 is 2.64. The first-order valence-corrected chi connectivity index (χ1v) is 8.93. The first-order chi connectivity index (χ1) is 8.94. The van der Waals surface area contributed by atoms with Crippen LogP contribution in [-0.2, 0) is 16.6 Å². The molecule has 1 atom stereocenters. The molecule has 0 aromatic carbocycles. The quantitative estimate of drug-likeness (QED) is 0.891. The van der Waals surface area contributed by atoms with E-state index in [1.807, 2.05) is 23.8 Å². The highest BCUT2D eigenvalue weighted by Gasteiger charge is 2.21. The van der Waals surface area contributed by atoms with Gasteiger partial charge in [-0.05, 0) is 47.9 Å². The SMILES string of the molecule is Cc1cc(S(=O)(=O)NC(C)c2ccsc2)sc1CO. The van der Waals surface area contributed by atoms with Gasteiger partial charge in [0.2, 0.25) is 0 Å². The molecule has 104 valence electrons. The highest BCUT2D eigenvalue weighted by Crippen LogP contribution is 2.27. The van der Waals surface area contributed by atoms with Gasteiger partial charge in [-0.1, -0.05) is 0 Å². The summed E-state index contributed by atoms with van der Waals surface area (Å²) in [6.07, 6.45) is 0. The van der Waals surface area contributed by atoms with E-state index in [0.717, 1.165) is 22.5 Å². The third kappa shape index (κ3) is 3.24. The molecule has 0 radical (unpaired) electrons. The van der Waals surface area contributed by atoms with Gasteiger partial charge in [-0.15, -0.1) is 11.3 Å². The first-order valence-electron chi connectivity index (χ1n) is 5.68. The molecule has 0 aliphatic heterocycles. The van der Waals surface area contributed by atoms with Gasteiger partial charge in [0.15, 0.2) is 0 Å². The van der Waals surface area contributed by atoms with E-state index < -0.39 is 10.0 Å². The van der Waals surface area contributed by atoms with Gasteiger partial charge in [0.25, 0.3) is 10.0 Å². The summed E-state index contributed by atoms with van der Waals surface area (Å²) in [5.74, 6) is 0. The number of aliphatic hydroxyl groups is 1. The van der Waals surface area contributed by atoms with E-state index >= 15 is 0 Å². The molecule has 7 heteroatoms. The smallest absolute Gasteiger partial charge is 0.250 e. The molecule has 0 fully saturated rings. The molecular formula is C12H15NO3S3. The molecule has 2 aromatic rings. The Morgan fingerprint density at radius 1 is 1.47 bits per heavy atom. The Morgan fingerprint density at radius 2 is 2.21 bits per heavy atom. The van der Waals surface area contributed by atoms with Crippen LogP contribution in [0.3, 0.4) is 0 Å². The van der Waals surface area contributed by atoms with E-state index in [0.29, 0.717) is 4.88 Å². The zero-order valence-corrected chi connectivity index (χ0v) is 13.0. The molecular weight excluding hydrogens is 302 g/mol. The Balaban J connectivity index is 2.22. The predicted octanol–water partition coefficient (Wildman–Crippen LogP) is 2.65. The van der Waals surface area contributed by atoms with Crippen LogP contribution in [0.1, 0.15) is 29.0 Å². The van der Waals surface area contributed by atoms with E-state index in [2.05, 4.69) is 4.72 Å². The number of rotatable bonds is 5. The van der Waals surface area contributed by atoms with E-state index in [9.17, 15) is 8.42 Å². The summed E-state index contributed by atoms with van der Waals surface area (Å²) in [5, 5.41) is 13.0. The summed E-state index contributed by atoms with van der Waals surface area (Å²) in [6.45, 7) is 3.47. The van der Waals surface area contributed by atoms with Gasteiger partial charge in [-0.3, -0.25) is 0 Å². The Kier molecular flexibility index (Phi) is 4.42. The second kappa shape index (κ2) is 5.72. The van der Waals surface area contributed by atoms with Crippen LogP contribution in [0.15, 0.2) is 27.1 Å². The molecule has 1 unspecified atom stereocenters. The molecule has 0 saturated heterocycles. The molecule has 0 aliphatic rings. The fraction of sp³-hybridized carbons (Fsp3) is 0.333. The van der Waals surface area contributed by atoms with Crippen molar-refractivity contribution >= 4 is 32.7 Å². The van der Waals surface area contributed by atoms with Crippen LogP contribution in [0.4, 0.5) is 0 Å². The molecule has 19 heavy (non-hydrogen) atoms. The van der Waals surface area contributed by atoms with Gasteiger partial charge in [-0.25, -0.2) is 13.1 Å². The summed E-state index contributed by atoms with van der Waals surface area (Å²) in [4.78, 5) is 0.684. The number of aryl methyl sites for hydroxylation is 1. The second-order valence-corrected chi connectivity index (χ2v) is 8.09. The summed E-state index contributed by atoms with van der Waals surface area (Å²) in [7, 11) is -3.54. The van der Waals surface area contributed by atoms with Gasteiger partial charge >= 0.3 is 0 Å². The second-order valence-electron chi connectivity index (χ2n) is 4.23. The zero-order valence-electron chi connectivity index (χ0n) is 10.6. The molecule has 2 heterocycles. The normalized spacial score (nSPS) is 13.6. The van der Waals surface area contributed by atoms with Crippen LogP contribution in [-0.4, -0.2) is 13.5 Å². The summed E-state index contributed by atoms with van der Waals surface area (Å²) in [6, 6.07) is 3.23. The molecule has 2 N–H and O–H groups in total. The highest BCUT2D eigenvalue weighted by atomic mass is 32.2. The monoisotopic (exact) mass is 317 g/mol. The number of sulfonamides is 1. The molecule has 0 bridgehead atoms. The lowest BCUT2D eigenvalue weighted by Gasteiger charge is -2.11. The van der Waals surface area contributed by atoms with Crippen LogP contribution in [0.5, 0.6) is 0 Å². The average Bonchev–Trinajstić information content (AvgIpc) is 2.96. The van der Waals surface area contributed by atoms with Gasteiger partial charge in [0.1, 0.15) is 4.21 Å².